The number of hydrogen-bond acceptors (Lipinski definition) is 4. The molecule has 2 aromatic carbocycles. The molecule has 0 aliphatic heterocycles. The van der Waals surface area contributed by atoms with E-state index in [0.29, 0.717) is 5.69 Å². The van der Waals surface area contributed by atoms with Crippen LogP contribution in [0.5, 0.6) is 5.75 Å². The Kier molecular flexibility index (Phi) is 5.40. The smallest absolute Gasteiger partial charge is 0.241 e. The average Bonchev–Trinajstić information content (AvgIpc) is 2.48. The van der Waals surface area contributed by atoms with Gasteiger partial charge in [-0.1, -0.05) is 28.1 Å². The van der Waals surface area contributed by atoms with Crippen LogP contribution in [-0.2, 0) is 21.2 Å². The van der Waals surface area contributed by atoms with Gasteiger partial charge in [-0.3, -0.25) is 4.79 Å². The fraction of sp³-hybridized carbons (Fsp3) is 0.133. The summed E-state index contributed by atoms with van der Waals surface area (Å²) in [7, 11) is -2.61. The predicted molar refractivity (Wildman–Crippen MR) is 90.8 cm³/mol. The van der Waals surface area contributed by atoms with Crippen molar-refractivity contribution in [2.75, 3.05) is 12.4 Å². The van der Waals surface area contributed by atoms with Crippen LogP contribution in [0.25, 0.3) is 0 Å². The van der Waals surface area contributed by atoms with Crippen LogP contribution in [0.15, 0.2) is 51.8 Å². The summed E-state index contributed by atoms with van der Waals surface area (Å²) in [5.41, 5.74) is 1.17. The van der Waals surface area contributed by atoms with Crippen molar-refractivity contribution in [1.82, 2.24) is 0 Å². The van der Waals surface area contributed by atoms with Crippen molar-refractivity contribution in [2.24, 2.45) is 5.14 Å². The number of sulfonamides is 1. The van der Waals surface area contributed by atoms with Gasteiger partial charge in [0.25, 0.3) is 0 Å². The molecular formula is C15H15BrN2O4S. The van der Waals surface area contributed by atoms with Crippen molar-refractivity contribution in [3.8, 4) is 5.75 Å². The molecule has 23 heavy (non-hydrogen) atoms. The molecule has 0 aliphatic rings. The third-order valence-corrected chi connectivity index (χ3v) is 4.49. The lowest BCUT2D eigenvalue weighted by Gasteiger charge is -2.10. The maximum absolute atomic E-state index is 12.0. The Labute approximate surface area is 142 Å². The molecule has 0 saturated heterocycles. The van der Waals surface area contributed by atoms with Crippen molar-refractivity contribution < 1.29 is 17.9 Å². The zero-order valence-electron chi connectivity index (χ0n) is 12.2. The number of primary sulfonamides is 1. The summed E-state index contributed by atoms with van der Waals surface area (Å²) in [4.78, 5) is 11.9. The minimum absolute atomic E-state index is 0.124. The highest BCUT2D eigenvalue weighted by Gasteiger charge is 2.16. The lowest BCUT2D eigenvalue weighted by atomic mass is 10.1. The summed E-state index contributed by atoms with van der Waals surface area (Å²) in [6.45, 7) is 0. The fourth-order valence-corrected chi connectivity index (χ4v) is 2.96. The number of anilines is 1. The number of nitrogens with two attached hydrogens (primary N) is 1. The number of ether oxygens (including phenoxy) is 1. The van der Waals surface area contributed by atoms with E-state index in [-0.39, 0.29) is 23.0 Å². The molecule has 0 fully saturated rings. The van der Waals surface area contributed by atoms with E-state index in [1.165, 1.54) is 19.2 Å². The minimum Gasteiger partial charge on any atom is -0.495 e. The first-order chi connectivity index (χ1) is 10.8. The number of benzene rings is 2. The lowest BCUT2D eigenvalue weighted by Crippen LogP contribution is -2.17. The van der Waals surface area contributed by atoms with E-state index < -0.39 is 10.0 Å². The summed E-state index contributed by atoms with van der Waals surface area (Å²) in [6, 6.07) is 11.6. The summed E-state index contributed by atoms with van der Waals surface area (Å²) in [5.74, 6) is -0.142. The molecule has 6 nitrogen and oxygen atoms in total. The minimum atomic E-state index is -3.95. The van der Waals surface area contributed by atoms with Crippen molar-refractivity contribution in [2.45, 2.75) is 11.3 Å². The number of amides is 1. The second-order valence-corrected chi connectivity index (χ2v) is 7.21. The van der Waals surface area contributed by atoms with Gasteiger partial charge >= 0.3 is 0 Å². The van der Waals surface area contributed by atoms with Gasteiger partial charge in [-0.15, -0.1) is 0 Å². The first kappa shape index (κ1) is 17.5. The first-order valence-electron chi connectivity index (χ1n) is 6.55. The number of hydrogen-bond donors (Lipinski definition) is 2. The molecule has 0 bridgehead atoms. The van der Waals surface area contributed by atoms with Crippen LogP contribution in [0.1, 0.15) is 5.56 Å². The number of carbonyl (C=O) groups is 1. The van der Waals surface area contributed by atoms with E-state index >= 15 is 0 Å². The van der Waals surface area contributed by atoms with Crippen molar-refractivity contribution >= 4 is 37.5 Å². The Balaban J connectivity index is 2.16. The van der Waals surface area contributed by atoms with Crippen molar-refractivity contribution in [3.05, 3.63) is 52.5 Å². The summed E-state index contributed by atoms with van der Waals surface area (Å²) in [6.07, 6.45) is 0.171. The zero-order valence-corrected chi connectivity index (χ0v) is 14.6. The van der Waals surface area contributed by atoms with E-state index in [1.54, 1.807) is 6.07 Å². The van der Waals surface area contributed by atoms with Crippen LogP contribution in [0.3, 0.4) is 0 Å². The topological polar surface area (TPSA) is 98.5 Å². The highest BCUT2D eigenvalue weighted by Crippen LogP contribution is 2.26. The number of methoxy groups -OCH3 is 1. The van der Waals surface area contributed by atoms with Crippen molar-refractivity contribution in [3.63, 3.8) is 0 Å². The normalized spacial score (nSPS) is 11.1. The number of rotatable bonds is 5. The van der Waals surface area contributed by atoms with Crippen LogP contribution in [0.4, 0.5) is 5.69 Å². The van der Waals surface area contributed by atoms with Crippen LogP contribution in [-0.4, -0.2) is 21.4 Å². The molecule has 0 saturated carbocycles. The zero-order chi connectivity index (χ0) is 17.0. The Hall–Kier alpha value is -1.90. The molecule has 3 N–H and O–H groups in total. The molecule has 0 unspecified atom stereocenters. The Morgan fingerprint density at radius 2 is 1.87 bits per heavy atom. The van der Waals surface area contributed by atoms with Gasteiger partial charge in [-0.05, 0) is 35.9 Å². The predicted octanol–water partition coefficient (Wildman–Crippen LogP) is 2.29. The highest BCUT2D eigenvalue weighted by molar-refractivity contribution is 9.10. The van der Waals surface area contributed by atoms with Gasteiger partial charge in [0.05, 0.1) is 13.5 Å². The molecule has 2 rings (SSSR count). The first-order valence-corrected chi connectivity index (χ1v) is 8.88. The molecule has 0 spiro atoms. The quantitative estimate of drug-likeness (QED) is 0.806. The number of nitrogens with one attached hydrogen (secondary N) is 1. The van der Waals surface area contributed by atoms with E-state index in [0.717, 1.165) is 10.0 Å². The Bertz CT molecular complexity index is 820. The SMILES string of the molecule is COc1ccc(NC(=O)Cc2ccc(Br)cc2)cc1S(N)(=O)=O. The molecule has 0 heterocycles. The molecule has 0 radical (unpaired) electrons. The molecular weight excluding hydrogens is 384 g/mol. The summed E-state index contributed by atoms with van der Waals surface area (Å²) < 4.78 is 29.0. The van der Waals surface area contributed by atoms with Gasteiger partial charge in [-0.2, -0.15) is 0 Å². The van der Waals surface area contributed by atoms with Crippen LogP contribution < -0.4 is 15.2 Å². The van der Waals surface area contributed by atoms with E-state index in [4.69, 9.17) is 9.88 Å². The molecule has 0 atom stereocenters. The fourth-order valence-electron chi connectivity index (χ4n) is 1.97. The third-order valence-electron chi connectivity index (χ3n) is 3.03. The maximum atomic E-state index is 12.0. The van der Waals surface area contributed by atoms with Crippen LogP contribution in [0.2, 0.25) is 0 Å². The van der Waals surface area contributed by atoms with Gasteiger partial charge in [0.1, 0.15) is 10.6 Å². The maximum Gasteiger partial charge on any atom is 0.241 e. The van der Waals surface area contributed by atoms with Crippen molar-refractivity contribution in [1.29, 1.82) is 0 Å². The summed E-state index contributed by atoms with van der Waals surface area (Å²) >= 11 is 3.32. The molecule has 0 aliphatic carbocycles. The van der Waals surface area contributed by atoms with Gasteiger partial charge in [-0.25, -0.2) is 13.6 Å². The van der Waals surface area contributed by atoms with Crippen LogP contribution in [0, 0.1) is 0 Å². The van der Waals surface area contributed by atoms with Crippen LogP contribution >= 0.6 is 15.9 Å². The van der Waals surface area contributed by atoms with E-state index in [1.807, 2.05) is 24.3 Å². The lowest BCUT2D eigenvalue weighted by molar-refractivity contribution is -0.115. The molecule has 122 valence electrons. The second kappa shape index (κ2) is 7.12. The van der Waals surface area contributed by atoms with Gasteiger partial charge in [0, 0.05) is 10.2 Å². The number of halogens is 1. The van der Waals surface area contributed by atoms with Gasteiger partial charge < -0.3 is 10.1 Å². The van der Waals surface area contributed by atoms with E-state index in [9.17, 15) is 13.2 Å². The average molecular weight is 399 g/mol. The molecule has 1 amide bonds. The largest absolute Gasteiger partial charge is 0.495 e. The monoisotopic (exact) mass is 398 g/mol. The second-order valence-electron chi connectivity index (χ2n) is 4.76. The Morgan fingerprint density at radius 1 is 1.22 bits per heavy atom. The third kappa shape index (κ3) is 4.78. The summed E-state index contributed by atoms with van der Waals surface area (Å²) in [5, 5.41) is 7.79. The number of carbonyl (C=O) groups excluding carboxylic acids is 1. The van der Waals surface area contributed by atoms with E-state index in [2.05, 4.69) is 21.2 Å². The highest BCUT2D eigenvalue weighted by atomic mass is 79.9. The molecule has 8 heteroatoms. The molecule has 0 aromatic heterocycles. The standard InChI is InChI=1S/C15H15BrN2O4S/c1-22-13-7-6-12(9-14(13)23(17,20)21)18-15(19)8-10-2-4-11(16)5-3-10/h2-7,9H,8H2,1H3,(H,18,19)(H2,17,20,21). The van der Waals surface area contributed by atoms with Gasteiger partial charge in [0.2, 0.25) is 15.9 Å². The Morgan fingerprint density at radius 3 is 2.43 bits per heavy atom. The van der Waals surface area contributed by atoms with Gasteiger partial charge in [0.15, 0.2) is 0 Å². The molecule has 2 aromatic rings.